The van der Waals surface area contributed by atoms with Gasteiger partial charge in [0.1, 0.15) is 5.69 Å². The summed E-state index contributed by atoms with van der Waals surface area (Å²) in [6.07, 6.45) is 5.63. The lowest BCUT2D eigenvalue weighted by Crippen LogP contribution is -1.89. The Morgan fingerprint density at radius 2 is 2.10 bits per heavy atom. The maximum absolute atomic E-state index is 5.48. The lowest BCUT2D eigenvalue weighted by atomic mass is 10.1. The predicted octanol–water partition coefficient (Wildman–Crippen LogP) is 4.31. The molecule has 0 radical (unpaired) electrons. The average Bonchev–Trinajstić information content (AvgIpc) is 3.39. The Bertz CT molecular complexity index is 869. The van der Waals surface area contributed by atoms with Gasteiger partial charge in [-0.15, -0.1) is 0 Å². The quantitative estimate of drug-likeness (QED) is 0.696. The van der Waals surface area contributed by atoms with Gasteiger partial charge in [-0.25, -0.2) is 0 Å². The largest absolute Gasteiger partial charge is 0.339 e. The fraction of sp³-hybridized carbons (Fsp3) is 0.312. The number of fused-ring (bicyclic) bond motifs is 1. The van der Waals surface area contributed by atoms with Crippen molar-refractivity contribution >= 4 is 26.7 Å². The van der Waals surface area contributed by atoms with Crippen LogP contribution in [0.2, 0.25) is 0 Å². The van der Waals surface area contributed by atoms with Crippen molar-refractivity contribution in [2.45, 2.75) is 25.2 Å². The van der Waals surface area contributed by atoms with Crippen molar-refractivity contribution in [2.24, 2.45) is 5.41 Å². The zero-order chi connectivity index (χ0) is 14.0. The van der Waals surface area contributed by atoms with Crippen molar-refractivity contribution < 1.29 is 4.52 Å². The molecule has 5 rings (SSSR count). The molecule has 0 aliphatic heterocycles. The highest BCUT2D eigenvalue weighted by Crippen LogP contribution is 2.74. The molecule has 2 aliphatic rings. The predicted molar refractivity (Wildman–Crippen MR) is 81.8 cm³/mol. The van der Waals surface area contributed by atoms with E-state index in [2.05, 4.69) is 31.1 Å². The summed E-state index contributed by atoms with van der Waals surface area (Å²) in [5.41, 5.74) is 1.31. The fourth-order valence-corrected chi connectivity index (χ4v) is 3.73. The Hall–Kier alpha value is -1.75. The van der Waals surface area contributed by atoms with Gasteiger partial charge in [0.05, 0.1) is 0 Å². The first-order valence-corrected chi connectivity index (χ1v) is 7.93. The third-order valence-electron chi connectivity index (χ3n) is 4.79. The van der Waals surface area contributed by atoms with Crippen LogP contribution in [0.4, 0.5) is 0 Å². The molecule has 0 saturated heterocycles. The molecule has 2 saturated carbocycles. The van der Waals surface area contributed by atoms with Crippen molar-refractivity contribution in [1.29, 1.82) is 0 Å². The second-order valence-corrected chi connectivity index (χ2v) is 6.92. The first-order valence-electron chi connectivity index (χ1n) is 7.14. The topological polar surface area (TPSA) is 51.8 Å². The Labute approximate surface area is 129 Å². The van der Waals surface area contributed by atoms with Gasteiger partial charge < -0.3 is 4.52 Å². The van der Waals surface area contributed by atoms with Gasteiger partial charge in [0.15, 0.2) is 0 Å². The van der Waals surface area contributed by atoms with Crippen LogP contribution in [0.3, 0.4) is 0 Å². The van der Waals surface area contributed by atoms with Gasteiger partial charge in [0.25, 0.3) is 0 Å². The normalized spacial score (nSPS) is 21.9. The Morgan fingerprint density at radius 3 is 2.90 bits per heavy atom. The van der Waals surface area contributed by atoms with Crippen molar-refractivity contribution in [1.82, 2.24) is 15.1 Å². The third-order valence-corrected chi connectivity index (χ3v) is 5.48. The summed E-state index contributed by atoms with van der Waals surface area (Å²) in [7, 11) is 0. The number of pyridine rings is 1. The second kappa shape index (κ2) is 3.91. The van der Waals surface area contributed by atoms with Gasteiger partial charge in [-0.3, -0.25) is 4.98 Å². The molecule has 2 aromatic heterocycles. The monoisotopic (exact) mass is 341 g/mol. The summed E-state index contributed by atoms with van der Waals surface area (Å²) in [5, 5.41) is 6.31. The van der Waals surface area contributed by atoms with Crippen LogP contribution < -0.4 is 0 Å². The number of hydrogen-bond donors (Lipinski definition) is 0. The molecule has 3 aromatic rings. The van der Waals surface area contributed by atoms with E-state index in [-0.39, 0.29) is 0 Å². The molecule has 0 N–H and O–H groups in total. The van der Waals surface area contributed by atoms with E-state index in [0.717, 1.165) is 26.8 Å². The maximum atomic E-state index is 5.48. The molecular formula is C16H12BrN3O. The molecule has 5 heteroatoms. The van der Waals surface area contributed by atoms with Crippen LogP contribution in [0.15, 0.2) is 39.5 Å². The van der Waals surface area contributed by atoms with Gasteiger partial charge in [0.2, 0.25) is 11.7 Å². The maximum Gasteiger partial charge on any atom is 0.230 e. The van der Waals surface area contributed by atoms with E-state index in [1.165, 1.54) is 19.3 Å². The van der Waals surface area contributed by atoms with E-state index in [1.54, 1.807) is 6.20 Å². The van der Waals surface area contributed by atoms with E-state index >= 15 is 0 Å². The van der Waals surface area contributed by atoms with Crippen molar-refractivity contribution in [3.63, 3.8) is 0 Å². The van der Waals surface area contributed by atoms with E-state index in [9.17, 15) is 0 Å². The smallest absolute Gasteiger partial charge is 0.230 e. The van der Waals surface area contributed by atoms with E-state index < -0.39 is 0 Å². The lowest BCUT2D eigenvalue weighted by molar-refractivity contribution is 0.375. The highest BCUT2D eigenvalue weighted by atomic mass is 79.9. The molecule has 1 aromatic carbocycles. The highest BCUT2D eigenvalue weighted by Gasteiger charge is 2.65. The lowest BCUT2D eigenvalue weighted by Gasteiger charge is -2.03. The molecule has 1 atom stereocenters. The van der Waals surface area contributed by atoms with E-state index in [0.29, 0.717) is 17.2 Å². The van der Waals surface area contributed by atoms with Crippen molar-refractivity contribution in [3.05, 3.63) is 40.8 Å². The van der Waals surface area contributed by atoms with Gasteiger partial charge in [0, 0.05) is 22.0 Å². The molecule has 1 unspecified atom stereocenters. The Morgan fingerprint density at radius 1 is 1.19 bits per heavy atom. The molecule has 21 heavy (non-hydrogen) atoms. The minimum Gasteiger partial charge on any atom is -0.339 e. The number of nitrogens with zero attached hydrogens (tertiary/aromatic N) is 3. The summed E-state index contributed by atoms with van der Waals surface area (Å²) in [5.74, 6) is 1.87. The zero-order valence-corrected chi connectivity index (χ0v) is 12.8. The number of aromatic nitrogens is 3. The van der Waals surface area contributed by atoms with Crippen LogP contribution in [-0.2, 0) is 0 Å². The summed E-state index contributed by atoms with van der Waals surface area (Å²) in [6, 6.07) is 8.05. The van der Waals surface area contributed by atoms with Gasteiger partial charge in [-0.2, -0.15) is 4.98 Å². The molecule has 104 valence electrons. The molecule has 2 aliphatic carbocycles. The van der Waals surface area contributed by atoms with Crippen LogP contribution in [0.1, 0.15) is 31.1 Å². The highest BCUT2D eigenvalue weighted by molar-refractivity contribution is 9.10. The van der Waals surface area contributed by atoms with Crippen LogP contribution in [0, 0.1) is 5.41 Å². The van der Waals surface area contributed by atoms with E-state index in [4.69, 9.17) is 4.52 Å². The second-order valence-electron chi connectivity index (χ2n) is 6.07. The zero-order valence-electron chi connectivity index (χ0n) is 11.2. The van der Waals surface area contributed by atoms with Crippen molar-refractivity contribution in [2.75, 3.05) is 0 Å². The minimum atomic E-state index is 0.487. The van der Waals surface area contributed by atoms with Crippen LogP contribution in [-0.4, -0.2) is 15.1 Å². The number of halogens is 1. The number of hydrogen-bond acceptors (Lipinski definition) is 4. The molecule has 2 heterocycles. The third kappa shape index (κ3) is 1.70. The van der Waals surface area contributed by atoms with Crippen LogP contribution in [0.25, 0.3) is 22.3 Å². The molecule has 2 fully saturated rings. The van der Waals surface area contributed by atoms with E-state index in [1.807, 2.05) is 24.3 Å². The number of rotatable bonds is 2. The summed E-state index contributed by atoms with van der Waals surface area (Å²) in [4.78, 5) is 9.06. The SMILES string of the molecule is Brc1cccc2c(-c3noc(C4CC45CC5)n3)nccc12. The molecule has 4 nitrogen and oxygen atoms in total. The van der Waals surface area contributed by atoms with Crippen molar-refractivity contribution in [3.8, 4) is 11.5 Å². The first-order chi connectivity index (χ1) is 10.3. The molecule has 0 amide bonds. The van der Waals surface area contributed by atoms with Gasteiger partial charge in [-0.1, -0.05) is 33.2 Å². The molecular weight excluding hydrogens is 330 g/mol. The fourth-order valence-electron chi connectivity index (χ4n) is 3.23. The summed E-state index contributed by atoms with van der Waals surface area (Å²) >= 11 is 3.57. The van der Waals surface area contributed by atoms with Gasteiger partial charge in [-0.05, 0) is 42.2 Å². The summed E-state index contributed by atoms with van der Waals surface area (Å²) in [6.45, 7) is 0. The minimum absolute atomic E-state index is 0.487. The average molecular weight is 342 g/mol. The first kappa shape index (κ1) is 11.9. The molecule has 1 spiro atoms. The Balaban J connectivity index is 1.63. The number of benzene rings is 1. The standard InChI is InChI=1S/C16H12BrN3O/c17-12-3-1-2-10-9(12)4-7-18-13(10)14-19-15(21-20-14)11-8-16(11)5-6-16/h1-4,7,11H,5-6,8H2. The Kier molecular flexibility index (Phi) is 2.21. The molecule has 0 bridgehead atoms. The summed E-state index contributed by atoms with van der Waals surface area (Å²) < 4.78 is 6.53. The van der Waals surface area contributed by atoms with Gasteiger partial charge >= 0.3 is 0 Å². The van der Waals surface area contributed by atoms with Crippen LogP contribution >= 0.6 is 15.9 Å². The van der Waals surface area contributed by atoms with Crippen LogP contribution in [0.5, 0.6) is 0 Å².